The number of nitrogens with one attached hydrogen (secondary N) is 1. The van der Waals surface area contributed by atoms with E-state index in [-0.39, 0.29) is 11.3 Å². The van der Waals surface area contributed by atoms with E-state index in [9.17, 15) is 4.79 Å². The molecule has 0 spiro atoms. The maximum absolute atomic E-state index is 13.1. The Balaban J connectivity index is 1.50. The van der Waals surface area contributed by atoms with Crippen molar-refractivity contribution in [3.63, 3.8) is 0 Å². The number of rotatable bonds is 4. The molecule has 1 aromatic carbocycles. The molecule has 1 N–H and O–H groups in total. The van der Waals surface area contributed by atoms with Crippen LogP contribution in [0.15, 0.2) is 36.5 Å². The molecule has 1 unspecified atom stereocenters. The summed E-state index contributed by atoms with van der Waals surface area (Å²) in [5.41, 5.74) is 1.96. The zero-order valence-corrected chi connectivity index (χ0v) is 13.3. The second kappa shape index (κ2) is 5.41. The van der Waals surface area contributed by atoms with Crippen LogP contribution >= 0.6 is 0 Å². The number of carbonyl (C=O) groups is 1. The van der Waals surface area contributed by atoms with E-state index in [1.807, 2.05) is 35.2 Å². The van der Waals surface area contributed by atoms with E-state index in [0.717, 1.165) is 49.4 Å². The van der Waals surface area contributed by atoms with Crippen LogP contribution in [0.2, 0.25) is 0 Å². The van der Waals surface area contributed by atoms with Gasteiger partial charge in [-0.05, 0) is 43.0 Å². The fourth-order valence-electron chi connectivity index (χ4n) is 3.66. The molecule has 2 heterocycles. The Hall–Kier alpha value is -2.30. The van der Waals surface area contributed by atoms with Gasteiger partial charge in [0.15, 0.2) is 0 Å². The predicted octanol–water partition coefficient (Wildman–Crippen LogP) is 2.47. The highest BCUT2D eigenvalue weighted by Crippen LogP contribution is 2.50. The number of methoxy groups -OCH3 is 1. The van der Waals surface area contributed by atoms with Gasteiger partial charge < -0.3 is 9.64 Å². The first kappa shape index (κ1) is 14.3. The first-order valence-corrected chi connectivity index (χ1v) is 8.16. The number of likely N-dealkylation sites (tertiary alicyclic amines) is 1. The van der Waals surface area contributed by atoms with Gasteiger partial charge in [0.2, 0.25) is 5.91 Å². The van der Waals surface area contributed by atoms with Crippen molar-refractivity contribution in [3.8, 4) is 5.75 Å². The Morgan fingerprint density at radius 1 is 1.30 bits per heavy atom. The summed E-state index contributed by atoms with van der Waals surface area (Å²) in [6.07, 6.45) is 4.68. The molecule has 2 aliphatic rings. The van der Waals surface area contributed by atoms with Crippen molar-refractivity contribution in [2.45, 2.75) is 30.6 Å². The summed E-state index contributed by atoms with van der Waals surface area (Å²) in [6, 6.07) is 9.97. The van der Waals surface area contributed by atoms with E-state index >= 15 is 0 Å². The highest BCUT2D eigenvalue weighted by Gasteiger charge is 2.53. The predicted molar refractivity (Wildman–Crippen MR) is 86.4 cm³/mol. The maximum Gasteiger partial charge on any atom is 0.233 e. The molecule has 2 fully saturated rings. The Labute approximate surface area is 135 Å². The zero-order chi connectivity index (χ0) is 15.9. The molecular weight excluding hydrogens is 290 g/mol. The second-order valence-electron chi connectivity index (χ2n) is 6.56. The van der Waals surface area contributed by atoms with Crippen LogP contribution in [-0.2, 0) is 10.2 Å². The molecule has 0 bridgehead atoms. The van der Waals surface area contributed by atoms with Gasteiger partial charge in [0.25, 0.3) is 0 Å². The Morgan fingerprint density at radius 2 is 2.09 bits per heavy atom. The van der Waals surface area contributed by atoms with Crippen molar-refractivity contribution in [2.75, 3.05) is 20.2 Å². The fraction of sp³-hybridized carbons (Fsp3) is 0.444. The van der Waals surface area contributed by atoms with Gasteiger partial charge >= 0.3 is 0 Å². The average Bonchev–Trinajstić information content (AvgIpc) is 3.02. The highest BCUT2D eigenvalue weighted by molar-refractivity contribution is 5.91. The van der Waals surface area contributed by atoms with E-state index in [2.05, 4.69) is 10.2 Å². The van der Waals surface area contributed by atoms with Crippen LogP contribution in [0.3, 0.4) is 0 Å². The average molecular weight is 311 g/mol. The zero-order valence-electron chi connectivity index (χ0n) is 13.3. The van der Waals surface area contributed by atoms with Crippen molar-refractivity contribution in [1.82, 2.24) is 15.1 Å². The third-order valence-electron chi connectivity index (χ3n) is 5.24. The molecule has 1 aliphatic carbocycles. The van der Waals surface area contributed by atoms with Crippen molar-refractivity contribution in [3.05, 3.63) is 47.8 Å². The number of aromatic nitrogens is 2. The van der Waals surface area contributed by atoms with Crippen molar-refractivity contribution >= 4 is 5.91 Å². The number of nitrogens with zero attached hydrogens (tertiary/aromatic N) is 2. The van der Waals surface area contributed by atoms with Crippen LogP contribution in [0.25, 0.3) is 0 Å². The lowest BCUT2D eigenvalue weighted by atomic mass is 9.94. The van der Waals surface area contributed by atoms with E-state index in [4.69, 9.17) is 4.74 Å². The van der Waals surface area contributed by atoms with Gasteiger partial charge in [-0.3, -0.25) is 9.89 Å². The molecule has 4 rings (SSSR count). The van der Waals surface area contributed by atoms with Crippen LogP contribution in [0.1, 0.15) is 36.4 Å². The lowest BCUT2D eigenvalue weighted by Crippen LogP contribution is -2.37. The summed E-state index contributed by atoms with van der Waals surface area (Å²) in [6.45, 7) is 1.62. The van der Waals surface area contributed by atoms with Crippen LogP contribution in [0, 0.1) is 0 Å². The standard InChI is InChI=1S/C18H21N3O2/c1-23-15-4-2-14(3-5-15)18(8-9-18)17(22)21-11-7-13(12-21)16-6-10-19-20-16/h2-6,10,13H,7-9,11-12H2,1H3,(H,19,20). The lowest BCUT2D eigenvalue weighted by molar-refractivity contribution is -0.132. The van der Waals surface area contributed by atoms with Crippen LogP contribution < -0.4 is 4.74 Å². The molecule has 2 aromatic rings. The number of ether oxygens (including phenoxy) is 1. The van der Waals surface area contributed by atoms with Crippen molar-refractivity contribution < 1.29 is 9.53 Å². The molecule has 1 saturated carbocycles. The van der Waals surface area contributed by atoms with E-state index in [1.165, 1.54) is 0 Å². The Bertz CT molecular complexity index is 690. The molecule has 1 aliphatic heterocycles. The molecule has 1 atom stereocenters. The number of hydrogen-bond acceptors (Lipinski definition) is 3. The minimum Gasteiger partial charge on any atom is -0.497 e. The third kappa shape index (κ3) is 2.40. The monoisotopic (exact) mass is 311 g/mol. The maximum atomic E-state index is 13.1. The summed E-state index contributed by atoms with van der Waals surface area (Å²) < 4.78 is 5.21. The molecule has 1 saturated heterocycles. The molecule has 1 aromatic heterocycles. The van der Waals surface area contributed by atoms with Gasteiger partial charge in [0, 0.05) is 30.9 Å². The van der Waals surface area contributed by atoms with Crippen LogP contribution in [0.4, 0.5) is 0 Å². The van der Waals surface area contributed by atoms with Crippen molar-refractivity contribution in [1.29, 1.82) is 0 Å². The van der Waals surface area contributed by atoms with E-state index in [0.29, 0.717) is 5.92 Å². The van der Waals surface area contributed by atoms with E-state index in [1.54, 1.807) is 13.3 Å². The SMILES string of the molecule is COc1ccc(C2(C(=O)N3CCC(c4ccn[nH]4)C3)CC2)cc1. The Morgan fingerprint density at radius 3 is 2.70 bits per heavy atom. The molecule has 1 amide bonds. The summed E-state index contributed by atoms with van der Waals surface area (Å²) in [5, 5.41) is 7.06. The van der Waals surface area contributed by atoms with Gasteiger partial charge in [0.05, 0.1) is 12.5 Å². The molecule has 0 radical (unpaired) electrons. The third-order valence-corrected chi connectivity index (χ3v) is 5.24. The fourth-order valence-corrected chi connectivity index (χ4v) is 3.66. The van der Waals surface area contributed by atoms with Gasteiger partial charge in [-0.25, -0.2) is 0 Å². The number of aromatic amines is 1. The normalized spacial score (nSPS) is 22.1. The minimum atomic E-state index is -0.296. The largest absolute Gasteiger partial charge is 0.497 e. The topological polar surface area (TPSA) is 58.2 Å². The summed E-state index contributed by atoms with van der Waals surface area (Å²) >= 11 is 0. The van der Waals surface area contributed by atoms with E-state index < -0.39 is 0 Å². The number of hydrogen-bond donors (Lipinski definition) is 1. The van der Waals surface area contributed by atoms with Gasteiger partial charge in [-0.2, -0.15) is 5.10 Å². The van der Waals surface area contributed by atoms with Gasteiger partial charge in [0.1, 0.15) is 5.75 Å². The van der Waals surface area contributed by atoms with Crippen LogP contribution in [-0.4, -0.2) is 41.2 Å². The molecule has 120 valence electrons. The highest BCUT2D eigenvalue weighted by atomic mass is 16.5. The van der Waals surface area contributed by atoms with Crippen molar-refractivity contribution in [2.24, 2.45) is 0 Å². The summed E-state index contributed by atoms with van der Waals surface area (Å²) in [4.78, 5) is 15.1. The summed E-state index contributed by atoms with van der Waals surface area (Å²) in [5.74, 6) is 1.50. The Kier molecular flexibility index (Phi) is 3.36. The second-order valence-corrected chi connectivity index (χ2v) is 6.56. The smallest absolute Gasteiger partial charge is 0.233 e. The number of H-pyrrole nitrogens is 1. The number of benzene rings is 1. The quantitative estimate of drug-likeness (QED) is 0.943. The first-order chi connectivity index (χ1) is 11.2. The molecular formula is C18H21N3O2. The lowest BCUT2D eigenvalue weighted by Gasteiger charge is -2.23. The molecule has 5 nitrogen and oxygen atoms in total. The number of carbonyl (C=O) groups excluding carboxylic acids is 1. The van der Waals surface area contributed by atoms with Gasteiger partial charge in [-0.1, -0.05) is 12.1 Å². The molecule has 5 heteroatoms. The number of amides is 1. The molecule has 23 heavy (non-hydrogen) atoms. The first-order valence-electron chi connectivity index (χ1n) is 8.16. The van der Waals surface area contributed by atoms with Gasteiger partial charge in [-0.15, -0.1) is 0 Å². The van der Waals surface area contributed by atoms with Crippen LogP contribution in [0.5, 0.6) is 5.75 Å². The minimum absolute atomic E-state index is 0.282. The summed E-state index contributed by atoms with van der Waals surface area (Å²) in [7, 11) is 1.66.